The van der Waals surface area contributed by atoms with Crippen LogP contribution in [-0.2, 0) is 6.67 Å². The molecule has 1 amide bonds. The zero-order valence-corrected chi connectivity index (χ0v) is 18.3. The predicted molar refractivity (Wildman–Crippen MR) is 125 cm³/mol. The Hall–Kier alpha value is -3.85. The van der Waals surface area contributed by atoms with Gasteiger partial charge in [0.2, 0.25) is 0 Å². The van der Waals surface area contributed by atoms with Crippen molar-refractivity contribution in [2.75, 3.05) is 10.6 Å². The Morgan fingerprint density at radius 1 is 1.16 bits per heavy atom. The largest absolute Gasteiger partial charge is 0.340 e. The Kier molecular flexibility index (Phi) is 6.09. The van der Waals surface area contributed by atoms with Crippen LogP contribution in [0.15, 0.2) is 60.9 Å². The van der Waals surface area contributed by atoms with Gasteiger partial charge in [-0.25, -0.2) is 14.1 Å². The van der Waals surface area contributed by atoms with Crippen LogP contribution < -0.4 is 10.6 Å². The molecule has 0 aliphatic carbocycles. The molecule has 0 unspecified atom stereocenters. The molecule has 2 heterocycles. The van der Waals surface area contributed by atoms with Gasteiger partial charge in [-0.15, -0.1) is 0 Å². The van der Waals surface area contributed by atoms with E-state index in [0.29, 0.717) is 27.3 Å². The molecule has 3 N–H and O–H groups in total. The number of nitrogens with zero attached hydrogens (tertiary/aromatic N) is 3. The quantitative estimate of drug-likeness (QED) is 0.344. The van der Waals surface area contributed by atoms with Gasteiger partial charge >= 0.3 is 0 Å². The Bertz CT molecular complexity index is 1350. The summed E-state index contributed by atoms with van der Waals surface area (Å²) in [5, 5.41) is 10.8. The van der Waals surface area contributed by atoms with Gasteiger partial charge in [0.05, 0.1) is 12.0 Å². The fraction of sp³-hybridized carbons (Fsp3) is 0.130. The van der Waals surface area contributed by atoms with Crippen LogP contribution >= 0.6 is 12.2 Å². The number of aryl methyl sites for hydroxylation is 2. The minimum absolute atomic E-state index is 0.305. The van der Waals surface area contributed by atoms with Crippen molar-refractivity contribution in [3.8, 4) is 5.82 Å². The first-order valence-corrected chi connectivity index (χ1v) is 10.3. The van der Waals surface area contributed by atoms with E-state index in [2.05, 4.69) is 25.7 Å². The SMILES string of the molecule is Cc1cc(Nc2cc(NC(=O)c3cccc(CF)c3)ccc2C)n(-c2cc(=S)nc[nH]2)n1. The van der Waals surface area contributed by atoms with Crippen molar-refractivity contribution in [1.82, 2.24) is 19.7 Å². The summed E-state index contributed by atoms with van der Waals surface area (Å²) in [6.07, 6.45) is 1.53. The van der Waals surface area contributed by atoms with E-state index >= 15 is 0 Å². The van der Waals surface area contributed by atoms with Gasteiger partial charge in [-0.1, -0.05) is 30.4 Å². The third-order valence-corrected chi connectivity index (χ3v) is 5.05. The highest BCUT2D eigenvalue weighted by molar-refractivity contribution is 7.71. The van der Waals surface area contributed by atoms with Crippen LogP contribution in [-0.4, -0.2) is 25.7 Å². The van der Waals surface area contributed by atoms with Crippen LogP contribution in [0.3, 0.4) is 0 Å². The van der Waals surface area contributed by atoms with E-state index in [-0.39, 0.29) is 5.91 Å². The number of aromatic nitrogens is 4. The molecule has 0 aliphatic heterocycles. The normalized spacial score (nSPS) is 10.7. The van der Waals surface area contributed by atoms with Gasteiger partial charge in [-0.2, -0.15) is 5.10 Å². The predicted octanol–water partition coefficient (Wildman–Crippen LogP) is 5.41. The fourth-order valence-corrected chi connectivity index (χ4v) is 3.39. The number of H-pyrrole nitrogens is 1. The Labute approximate surface area is 189 Å². The number of anilines is 3. The van der Waals surface area contributed by atoms with E-state index in [4.69, 9.17) is 12.2 Å². The molecule has 9 heteroatoms. The maximum atomic E-state index is 12.9. The number of hydrogen-bond donors (Lipinski definition) is 3. The van der Waals surface area contributed by atoms with Gasteiger partial charge in [-0.3, -0.25) is 4.79 Å². The van der Waals surface area contributed by atoms with Crippen molar-refractivity contribution in [1.29, 1.82) is 0 Å². The van der Waals surface area contributed by atoms with Gasteiger partial charge in [0.1, 0.15) is 23.0 Å². The lowest BCUT2D eigenvalue weighted by Crippen LogP contribution is -2.12. The topological polar surface area (TPSA) is 87.6 Å². The van der Waals surface area contributed by atoms with E-state index in [1.54, 1.807) is 35.0 Å². The number of carbonyl (C=O) groups is 1. The Morgan fingerprint density at radius 2 is 2.00 bits per heavy atom. The van der Waals surface area contributed by atoms with Crippen LogP contribution in [0.5, 0.6) is 0 Å². The molecule has 0 bridgehead atoms. The van der Waals surface area contributed by atoms with Gasteiger partial charge in [0.25, 0.3) is 5.91 Å². The molecule has 0 radical (unpaired) electrons. The minimum Gasteiger partial charge on any atom is -0.340 e. The van der Waals surface area contributed by atoms with Crippen molar-refractivity contribution in [2.24, 2.45) is 0 Å². The van der Waals surface area contributed by atoms with Crippen molar-refractivity contribution >= 4 is 35.3 Å². The standard InChI is InChI=1S/C23H21FN6OS/c1-14-6-7-18(27-23(31)17-5-3-4-16(9-17)12-24)10-19(14)28-21-8-15(2)29-30(21)20-11-22(32)26-13-25-20/h3-11,13,28H,12H2,1-2H3,(H,27,31)(H,25,26,32). The first-order chi connectivity index (χ1) is 15.4. The zero-order valence-electron chi connectivity index (χ0n) is 17.5. The van der Waals surface area contributed by atoms with Crippen LogP contribution in [0, 0.1) is 18.5 Å². The highest BCUT2D eigenvalue weighted by Gasteiger charge is 2.12. The van der Waals surface area contributed by atoms with Gasteiger partial charge in [0, 0.05) is 29.1 Å². The summed E-state index contributed by atoms with van der Waals surface area (Å²) < 4.78 is 15.1. The average Bonchev–Trinajstić information content (AvgIpc) is 3.16. The Morgan fingerprint density at radius 3 is 2.78 bits per heavy atom. The second kappa shape index (κ2) is 9.11. The second-order valence-corrected chi connectivity index (χ2v) is 7.71. The molecule has 0 fully saturated rings. The van der Waals surface area contributed by atoms with Crippen LogP contribution in [0.2, 0.25) is 0 Å². The summed E-state index contributed by atoms with van der Waals surface area (Å²) in [7, 11) is 0. The lowest BCUT2D eigenvalue weighted by molar-refractivity contribution is 0.102. The molecule has 32 heavy (non-hydrogen) atoms. The number of benzene rings is 2. The number of alkyl halides is 1. The number of aromatic amines is 1. The number of carbonyl (C=O) groups excluding carboxylic acids is 1. The van der Waals surface area contributed by atoms with Gasteiger partial charge < -0.3 is 15.6 Å². The van der Waals surface area contributed by atoms with Gasteiger partial charge in [-0.05, 0) is 49.2 Å². The third-order valence-electron chi connectivity index (χ3n) is 4.83. The smallest absolute Gasteiger partial charge is 0.255 e. The average molecular weight is 449 g/mol. The molecular formula is C23H21FN6OS. The number of halogens is 1. The third kappa shape index (κ3) is 4.73. The lowest BCUT2D eigenvalue weighted by atomic mass is 10.1. The van der Waals surface area contributed by atoms with Crippen molar-refractivity contribution in [3.63, 3.8) is 0 Å². The first kappa shape index (κ1) is 21.4. The van der Waals surface area contributed by atoms with Crippen molar-refractivity contribution in [2.45, 2.75) is 20.5 Å². The van der Waals surface area contributed by atoms with Gasteiger partial charge in [0.15, 0.2) is 0 Å². The van der Waals surface area contributed by atoms with Crippen LogP contribution in [0.25, 0.3) is 5.82 Å². The summed E-state index contributed by atoms with van der Waals surface area (Å²) in [6.45, 7) is 3.24. The van der Waals surface area contributed by atoms with E-state index < -0.39 is 6.67 Å². The molecule has 2 aromatic carbocycles. The van der Waals surface area contributed by atoms with Crippen LogP contribution in [0.4, 0.5) is 21.6 Å². The molecule has 0 aliphatic rings. The molecule has 4 aromatic rings. The zero-order chi connectivity index (χ0) is 22.7. The molecule has 0 atom stereocenters. The molecular weight excluding hydrogens is 427 g/mol. The molecule has 7 nitrogen and oxygen atoms in total. The summed E-state index contributed by atoms with van der Waals surface area (Å²) in [5.74, 6) is 1.09. The van der Waals surface area contributed by atoms with E-state index in [0.717, 1.165) is 22.8 Å². The minimum atomic E-state index is -0.616. The molecule has 162 valence electrons. The number of hydrogen-bond acceptors (Lipinski definition) is 5. The summed E-state index contributed by atoms with van der Waals surface area (Å²) in [6, 6.07) is 15.7. The number of nitrogens with one attached hydrogen (secondary N) is 3. The summed E-state index contributed by atoms with van der Waals surface area (Å²) >= 11 is 5.16. The monoisotopic (exact) mass is 448 g/mol. The summed E-state index contributed by atoms with van der Waals surface area (Å²) in [4.78, 5) is 19.7. The summed E-state index contributed by atoms with van der Waals surface area (Å²) in [5.41, 5.74) is 4.07. The van der Waals surface area contributed by atoms with Crippen molar-refractivity contribution < 1.29 is 9.18 Å². The molecule has 0 saturated carbocycles. The maximum Gasteiger partial charge on any atom is 0.255 e. The molecule has 0 saturated heterocycles. The molecule has 0 spiro atoms. The van der Waals surface area contributed by atoms with Crippen LogP contribution in [0.1, 0.15) is 27.2 Å². The second-order valence-electron chi connectivity index (χ2n) is 7.30. The number of rotatable bonds is 6. The maximum absolute atomic E-state index is 12.9. The van der Waals surface area contributed by atoms with E-state index in [9.17, 15) is 9.18 Å². The number of amides is 1. The molecule has 2 aromatic heterocycles. The van der Waals surface area contributed by atoms with E-state index in [1.165, 1.54) is 6.33 Å². The highest BCUT2D eigenvalue weighted by atomic mass is 32.1. The lowest BCUT2D eigenvalue weighted by Gasteiger charge is -2.14. The molecule has 4 rings (SSSR count). The Balaban J connectivity index is 1.60. The van der Waals surface area contributed by atoms with Crippen molar-refractivity contribution in [3.05, 3.63) is 87.9 Å². The highest BCUT2D eigenvalue weighted by Crippen LogP contribution is 2.26. The van der Waals surface area contributed by atoms with E-state index in [1.807, 2.05) is 38.1 Å². The fourth-order valence-electron chi connectivity index (χ4n) is 3.22. The first-order valence-electron chi connectivity index (χ1n) is 9.88.